The number of aromatic nitrogens is 1. The van der Waals surface area contributed by atoms with E-state index < -0.39 is 0 Å². The maximum Gasteiger partial charge on any atom is 0.0897 e. The summed E-state index contributed by atoms with van der Waals surface area (Å²) in [5, 5.41) is 13.0. The molecule has 92 valence electrons. The molecular weight excluding hydrogens is 220 g/mol. The highest BCUT2D eigenvalue weighted by molar-refractivity contribution is 7.09. The van der Waals surface area contributed by atoms with E-state index in [1.807, 2.05) is 12.3 Å². The van der Waals surface area contributed by atoms with E-state index in [1.54, 1.807) is 11.3 Å². The van der Waals surface area contributed by atoms with Gasteiger partial charge in [0, 0.05) is 18.3 Å². The van der Waals surface area contributed by atoms with E-state index in [-0.39, 0.29) is 6.10 Å². The lowest BCUT2D eigenvalue weighted by atomic mass is 10.1. The number of aryl methyl sites for hydroxylation is 1. The number of hydrogen-bond donors (Lipinski definition) is 1. The molecule has 0 bridgehead atoms. The predicted octanol–water partition coefficient (Wildman–Crippen LogP) is 2.09. The van der Waals surface area contributed by atoms with Crippen molar-refractivity contribution in [1.29, 1.82) is 0 Å². The van der Waals surface area contributed by atoms with E-state index in [0.29, 0.717) is 6.42 Å². The standard InChI is InChI=1S/C12H22N2OS/c1-4-14(5-2)7-6-12(15)8-11-9-16-10(3)13-11/h9,12,15H,4-8H2,1-3H3. The van der Waals surface area contributed by atoms with Crippen molar-refractivity contribution in [1.82, 2.24) is 9.88 Å². The van der Waals surface area contributed by atoms with Gasteiger partial charge in [-0.15, -0.1) is 11.3 Å². The fourth-order valence-electron chi connectivity index (χ4n) is 1.72. The molecule has 0 fully saturated rings. The SMILES string of the molecule is CCN(CC)CCC(O)Cc1csc(C)n1. The molecule has 0 saturated heterocycles. The molecule has 0 spiro atoms. The molecule has 4 heteroatoms. The first-order chi connectivity index (χ1) is 7.65. The Morgan fingerprint density at radius 2 is 2.12 bits per heavy atom. The quantitative estimate of drug-likeness (QED) is 0.795. The first-order valence-electron chi connectivity index (χ1n) is 5.97. The predicted molar refractivity (Wildman–Crippen MR) is 69.0 cm³/mol. The number of nitrogens with zero attached hydrogens (tertiary/aromatic N) is 2. The van der Waals surface area contributed by atoms with E-state index in [2.05, 4.69) is 23.7 Å². The van der Waals surface area contributed by atoms with Gasteiger partial charge in [0.15, 0.2) is 0 Å². The van der Waals surface area contributed by atoms with Gasteiger partial charge in [-0.3, -0.25) is 0 Å². The molecule has 0 saturated carbocycles. The molecule has 0 aromatic carbocycles. The molecule has 1 N–H and O–H groups in total. The van der Waals surface area contributed by atoms with Crippen LogP contribution in [0.25, 0.3) is 0 Å². The average molecular weight is 242 g/mol. The topological polar surface area (TPSA) is 36.4 Å². The highest BCUT2D eigenvalue weighted by Crippen LogP contribution is 2.11. The third-order valence-corrected chi connectivity index (χ3v) is 3.61. The number of thiazole rings is 1. The first-order valence-corrected chi connectivity index (χ1v) is 6.85. The zero-order valence-electron chi connectivity index (χ0n) is 10.4. The minimum atomic E-state index is -0.262. The van der Waals surface area contributed by atoms with Crippen LogP contribution in [0.3, 0.4) is 0 Å². The van der Waals surface area contributed by atoms with Crippen LogP contribution < -0.4 is 0 Å². The fraction of sp³-hybridized carbons (Fsp3) is 0.750. The summed E-state index contributed by atoms with van der Waals surface area (Å²) in [6.07, 6.45) is 1.26. The second-order valence-electron chi connectivity index (χ2n) is 4.03. The summed E-state index contributed by atoms with van der Waals surface area (Å²) >= 11 is 1.65. The Morgan fingerprint density at radius 3 is 2.62 bits per heavy atom. The van der Waals surface area contributed by atoms with Crippen molar-refractivity contribution in [2.75, 3.05) is 19.6 Å². The lowest BCUT2D eigenvalue weighted by Gasteiger charge is -2.19. The maximum atomic E-state index is 9.89. The van der Waals surface area contributed by atoms with Crippen LogP contribution in [-0.4, -0.2) is 40.7 Å². The van der Waals surface area contributed by atoms with Crippen molar-refractivity contribution in [3.63, 3.8) is 0 Å². The second kappa shape index (κ2) is 6.99. The van der Waals surface area contributed by atoms with Gasteiger partial charge in [0.1, 0.15) is 0 Å². The molecule has 1 atom stereocenters. The van der Waals surface area contributed by atoms with Crippen LogP contribution in [0.2, 0.25) is 0 Å². The average Bonchev–Trinajstić information content (AvgIpc) is 2.65. The van der Waals surface area contributed by atoms with Gasteiger partial charge in [0.25, 0.3) is 0 Å². The van der Waals surface area contributed by atoms with Crippen LogP contribution in [0, 0.1) is 6.92 Å². The lowest BCUT2D eigenvalue weighted by molar-refractivity contribution is 0.143. The third-order valence-electron chi connectivity index (χ3n) is 2.78. The number of aliphatic hydroxyl groups excluding tert-OH is 1. The Hall–Kier alpha value is -0.450. The zero-order valence-corrected chi connectivity index (χ0v) is 11.3. The molecule has 1 aromatic heterocycles. The highest BCUT2D eigenvalue weighted by Gasteiger charge is 2.09. The summed E-state index contributed by atoms with van der Waals surface area (Å²) in [6, 6.07) is 0. The van der Waals surface area contributed by atoms with E-state index in [0.717, 1.165) is 36.8 Å². The molecule has 1 heterocycles. The van der Waals surface area contributed by atoms with Crippen molar-refractivity contribution < 1.29 is 5.11 Å². The van der Waals surface area contributed by atoms with E-state index in [4.69, 9.17) is 0 Å². The van der Waals surface area contributed by atoms with Gasteiger partial charge < -0.3 is 10.0 Å². The number of hydrogen-bond acceptors (Lipinski definition) is 4. The van der Waals surface area contributed by atoms with Gasteiger partial charge in [-0.1, -0.05) is 13.8 Å². The van der Waals surface area contributed by atoms with Crippen molar-refractivity contribution in [3.8, 4) is 0 Å². The van der Waals surface area contributed by atoms with Gasteiger partial charge in [0.05, 0.1) is 16.8 Å². The fourth-order valence-corrected chi connectivity index (χ4v) is 2.34. The van der Waals surface area contributed by atoms with Gasteiger partial charge >= 0.3 is 0 Å². The number of aliphatic hydroxyl groups is 1. The van der Waals surface area contributed by atoms with Crippen molar-refractivity contribution >= 4 is 11.3 Å². The Bertz CT molecular complexity index is 297. The van der Waals surface area contributed by atoms with Gasteiger partial charge in [-0.05, 0) is 26.4 Å². The van der Waals surface area contributed by atoms with Gasteiger partial charge in [0.2, 0.25) is 0 Å². The summed E-state index contributed by atoms with van der Waals surface area (Å²) in [5.74, 6) is 0. The van der Waals surface area contributed by atoms with Gasteiger partial charge in [-0.25, -0.2) is 4.98 Å². The Morgan fingerprint density at radius 1 is 1.44 bits per heavy atom. The smallest absolute Gasteiger partial charge is 0.0897 e. The molecule has 1 unspecified atom stereocenters. The van der Waals surface area contributed by atoms with E-state index >= 15 is 0 Å². The molecule has 3 nitrogen and oxygen atoms in total. The van der Waals surface area contributed by atoms with E-state index in [9.17, 15) is 5.11 Å². The largest absolute Gasteiger partial charge is 0.393 e. The molecule has 0 aliphatic carbocycles. The molecule has 16 heavy (non-hydrogen) atoms. The molecule has 1 aromatic rings. The first kappa shape index (κ1) is 13.6. The third kappa shape index (κ3) is 4.60. The molecule has 0 amide bonds. The summed E-state index contributed by atoms with van der Waals surface area (Å²) in [7, 11) is 0. The lowest BCUT2D eigenvalue weighted by Crippen LogP contribution is -2.27. The van der Waals surface area contributed by atoms with Crippen LogP contribution in [0.4, 0.5) is 0 Å². The maximum absolute atomic E-state index is 9.89. The molecule has 1 rings (SSSR count). The van der Waals surface area contributed by atoms with Crippen LogP contribution in [0.1, 0.15) is 31.0 Å². The van der Waals surface area contributed by atoms with Crippen LogP contribution in [0.5, 0.6) is 0 Å². The summed E-state index contributed by atoms with van der Waals surface area (Å²) in [5.41, 5.74) is 1.02. The summed E-state index contributed by atoms with van der Waals surface area (Å²) in [4.78, 5) is 6.69. The van der Waals surface area contributed by atoms with Crippen molar-refractivity contribution in [3.05, 3.63) is 16.1 Å². The minimum absolute atomic E-state index is 0.262. The Balaban J connectivity index is 2.27. The van der Waals surface area contributed by atoms with Crippen molar-refractivity contribution in [2.45, 2.75) is 39.7 Å². The highest BCUT2D eigenvalue weighted by atomic mass is 32.1. The molecule has 0 radical (unpaired) electrons. The van der Waals surface area contributed by atoms with Crippen LogP contribution >= 0.6 is 11.3 Å². The monoisotopic (exact) mass is 242 g/mol. The van der Waals surface area contributed by atoms with Gasteiger partial charge in [-0.2, -0.15) is 0 Å². The normalized spacial score (nSPS) is 13.3. The molecular formula is C12H22N2OS. The number of rotatable bonds is 7. The Kier molecular flexibility index (Phi) is 5.95. The van der Waals surface area contributed by atoms with Crippen LogP contribution in [0.15, 0.2) is 5.38 Å². The minimum Gasteiger partial charge on any atom is -0.393 e. The molecule has 0 aliphatic heterocycles. The summed E-state index contributed by atoms with van der Waals surface area (Å²) < 4.78 is 0. The summed E-state index contributed by atoms with van der Waals surface area (Å²) in [6.45, 7) is 9.38. The van der Waals surface area contributed by atoms with E-state index in [1.165, 1.54) is 0 Å². The van der Waals surface area contributed by atoms with Crippen LogP contribution in [-0.2, 0) is 6.42 Å². The zero-order chi connectivity index (χ0) is 12.0. The molecule has 0 aliphatic rings. The second-order valence-corrected chi connectivity index (χ2v) is 5.09. The van der Waals surface area contributed by atoms with Crippen molar-refractivity contribution in [2.24, 2.45) is 0 Å². The Labute approximate surface area is 102 Å².